The van der Waals surface area contributed by atoms with E-state index in [2.05, 4.69) is 38.9 Å². The molecule has 0 radical (unpaired) electrons. The molecular weight excluding hydrogens is 274 g/mol. The Hall–Kier alpha value is -2.27. The Morgan fingerprint density at radius 2 is 2.05 bits per heavy atom. The van der Waals surface area contributed by atoms with Gasteiger partial charge in [-0.05, 0) is 18.2 Å². The van der Waals surface area contributed by atoms with Gasteiger partial charge in [0.15, 0.2) is 0 Å². The van der Waals surface area contributed by atoms with E-state index >= 15 is 0 Å². The standard InChI is InChI=1S/C17H19N5/c1-2-16-18-8-7-13(19-16)11-22-9-12(10-22)17-20-14-5-3-4-6-15(14)21-17/h3-8,12H,2,9-11H2,1H3,(H,20,21). The van der Waals surface area contributed by atoms with Crippen LogP contribution in [0.25, 0.3) is 11.0 Å². The molecule has 2 aromatic heterocycles. The van der Waals surface area contributed by atoms with Crippen molar-refractivity contribution in [1.29, 1.82) is 0 Å². The van der Waals surface area contributed by atoms with E-state index in [9.17, 15) is 0 Å². The van der Waals surface area contributed by atoms with Crippen molar-refractivity contribution in [3.8, 4) is 0 Å². The number of nitrogens with one attached hydrogen (secondary N) is 1. The minimum Gasteiger partial charge on any atom is -0.342 e. The lowest BCUT2D eigenvalue weighted by Gasteiger charge is -2.37. The summed E-state index contributed by atoms with van der Waals surface area (Å²) >= 11 is 0. The van der Waals surface area contributed by atoms with Crippen molar-refractivity contribution in [3.63, 3.8) is 0 Å². The van der Waals surface area contributed by atoms with Crippen LogP contribution in [0.4, 0.5) is 0 Å². The topological polar surface area (TPSA) is 57.7 Å². The molecule has 22 heavy (non-hydrogen) atoms. The molecule has 0 saturated carbocycles. The Morgan fingerprint density at radius 3 is 2.86 bits per heavy atom. The summed E-state index contributed by atoms with van der Waals surface area (Å²) in [4.78, 5) is 19.4. The molecule has 112 valence electrons. The summed E-state index contributed by atoms with van der Waals surface area (Å²) in [6, 6.07) is 10.2. The first-order valence-electron chi connectivity index (χ1n) is 7.79. The first-order chi connectivity index (χ1) is 10.8. The van der Waals surface area contributed by atoms with Gasteiger partial charge in [0.25, 0.3) is 0 Å². The van der Waals surface area contributed by atoms with E-state index in [1.807, 2.05) is 24.4 Å². The summed E-state index contributed by atoms with van der Waals surface area (Å²) in [7, 11) is 0. The SMILES string of the molecule is CCc1nccc(CN2CC(c3nc4ccccc4[nH]3)C2)n1. The summed E-state index contributed by atoms with van der Waals surface area (Å²) in [5.41, 5.74) is 3.29. The number of fused-ring (bicyclic) bond motifs is 1. The minimum absolute atomic E-state index is 0.500. The third-order valence-electron chi connectivity index (χ3n) is 4.22. The molecular formula is C17H19N5. The highest BCUT2D eigenvalue weighted by atomic mass is 15.2. The molecule has 0 bridgehead atoms. The zero-order chi connectivity index (χ0) is 14.9. The second-order valence-corrected chi connectivity index (χ2v) is 5.85. The molecule has 3 aromatic rings. The number of aryl methyl sites for hydroxylation is 1. The van der Waals surface area contributed by atoms with Crippen LogP contribution in [0.2, 0.25) is 0 Å². The summed E-state index contributed by atoms with van der Waals surface area (Å²) in [5.74, 6) is 2.53. The van der Waals surface area contributed by atoms with E-state index < -0.39 is 0 Å². The van der Waals surface area contributed by atoms with E-state index in [0.29, 0.717) is 5.92 Å². The molecule has 1 aromatic carbocycles. The molecule has 4 rings (SSSR count). The fraction of sp³-hybridized carbons (Fsp3) is 0.353. The van der Waals surface area contributed by atoms with Gasteiger partial charge in [0, 0.05) is 38.2 Å². The van der Waals surface area contributed by atoms with E-state index in [1.54, 1.807) is 0 Å². The van der Waals surface area contributed by atoms with Crippen LogP contribution in [0.5, 0.6) is 0 Å². The van der Waals surface area contributed by atoms with Crippen molar-refractivity contribution in [1.82, 2.24) is 24.8 Å². The zero-order valence-corrected chi connectivity index (χ0v) is 12.7. The van der Waals surface area contributed by atoms with Gasteiger partial charge in [0.2, 0.25) is 0 Å². The number of hydrogen-bond donors (Lipinski definition) is 1. The van der Waals surface area contributed by atoms with Gasteiger partial charge in [-0.1, -0.05) is 19.1 Å². The van der Waals surface area contributed by atoms with Gasteiger partial charge in [-0.2, -0.15) is 0 Å². The highest BCUT2D eigenvalue weighted by Crippen LogP contribution is 2.27. The van der Waals surface area contributed by atoms with Crippen molar-refractivity contribution in [2.24, 2.45) is 0 Å². The van der Waals surface area contributed by atoms with Crippen LogP contribution in [0.1, 0.15) is 30.2 Å². The molecule has 0 amide bonds. The number of aromatic nitrogens is 4. The number of benzene rings is 1. The van der Waals surface area contributed by atoms with E-state index in [4.69, 9.17) is 4.98 Å². The molecule has 1 N–H and O–H groups in total. The van der Waals surface area contributed by atoms with Gasteiger partial charge in [0.1, 0.15) is 11.6 Å². The number of likely N-dealkylation sites (tertiary alicyclic amines) is 1. The van der Waals surface area contributed by atoms with Gasteiger partial charge in [-0.25, -0.2) is 15.0 Å². The van der Waals surface area contributed by atoms with Crippen molar-refractivity contribution >= 4 is 11.0 Å². The Balaban J connectivity index is 1.41. The Kier molecular flexibility index (Phi) is 3.35. The molecule has 1 aliphatic rings. The maximum atomic E-state index is 4.70. The quantitative estimate of drug-likeness (QED) is 0.803. The predicted octanol–water partition coefficient (Wildman–Crippen LogP) is 2.51. The number of para-hydroxylation sites is 2. The van der Waals surface area contributed by atoms with Crippen LogP contribution in [0.3, 0.4) is 0 Å². The fourth-order valence-electron chi connectivity index (χ4n) is 2.97. The summed E-state index contributed by atoms with van der Waals surface area (Å²) < 4.78 is 0. The molecule has 3 heterocycles. The third-order valence-corrected chi connectivity index (χ3v) is 4.22. The fourth-order valence-corrected chi connectivity index (χ4v) is 2.97. The summed E-state index contributed by atoms with van der Waals surface area (Å²) in [6.07, 6.45) is 2.74. The van der Waals surface area contributed by atoms with Gasteiger partial charge >= 0.3 is 0 Å². The maximum Gasteiger partial charge on any atom is 0.128 e. The minimum atomic E-state index is 0.500. The van der Waals surface area contributed by atoms with Crippen LogP contribution < -0.4 is 0 Å². The largest absolute Gasteiger partial charge is 0.342 e. The van der Waals surface area contributed by atoms with Crippen LogP contribution in [-0.2, 0) is 13.0 Å². The number of rotatable bonds is 4. The van der Waals surface area contributed by atoms with Gasteiger partial charge in [-0.15, -0.1) is 0 Å². The van der Waals surface area contributed by atoms with Crippen LogP contribution in [-0.4, -0.2) is 37.9 Å². The number of aromatic amines is 1. The van der Waals surface area contributed by atoms with Gasteiger partial charge < -0.3 is 4.98 Å². The van der Waals surface area contributed by atoms with Gasteiger partial charge in [-0.3, -0.25) is 4.90 Å². The Morgan fingerprint density at radius 1 is 1.18 bits per heavy atom. The first kappa shape index (κ1) is 13.4. The molecule has 1 saturated heterocycles. The Labute approximate surface area is 129 Å². The molecule has 0 aliphatic carbocycles. The second-order valence-electron chi connectivity index (χ2n) is 5.85. The molecule has 1 fully saturated rings. The third kappa shape index (κ3) is 2.48. The molecule has 5 nitrogen and oxygen atoms in total. The van der Waals surface area contributed by atoms with Crippen molar-refractivity contribution in [2.45, 2.75) is 25.8 Å². The monoisotopic (exact) mass is 293 g/mol. The molecule has 1 aliphatic heterocycles. The number of H-pyrrole nitrogens is 1. The maximum absolute atomic E-state index is 4.70. The smallest absolute Gasteiger partial charge is 0.128 e. The number of imidazole rings is 1. The zero-order valence-electron chi connectivity index (χ0n) is 12.7. The van der Waals surface area contributed by atoms with E-state index in [-0.39, 0.29) is 0 Å². The number of nitrogens with zero attached hydrogens (tertiary/aromatic N) is 4. The van der Waals surface area contributed by atoms with Crippen molar-refractivity contribution in [2.75, 3.05) is 13.1 Å². The van der Waals surface area contributed by atoms with E-state index in [1.165, 1.54) is 0 Å². The van der Waals surface area contributed by atoms with Crippen LogP contribution in [0.15, 0.2) is 36.5 Å². The van der Waals surface area contributed by atoms with Gasteiger partial charge in [0.05, 0.1) is 16.7 Å². The van der Waals surface area contributed by atoms with E-state index in [0.717, 1.165) is 54.4 Å². The highest BCUT2D eigenvalue weighted by Gasteiger charge is 2.30. The molecule has 0 atom stereocenters. The highest BCUT2D eigenvalue weighted by molar-refractivity contribution is 5.74. The Bertz CT molecular complexity index is 755. The van der Waals surface area contributed by atoms with Crippen LogP contribution in [0, 0.1) is 0 Å². The molecule has 5 heteroatoms. The lowest BCUT2D eigenvalue weighted by atomic mass is 9.99. The second kappa shape index (κ2) is 5.50. The van der Waals surface area contributed by atoms with Crippen molar-refractivity contribution < 1.29 is 0 Å². The lowest BCUT2D eigenvalue weighted by Crippen LogP contribution is -2.44. The van der Waals surface area contributed by atoms with Crippen LogP contribution >= 0.6 is 0 Å². The normalized spacial score (nSPS) is 16.0. The average molecular weight is 293 g/mol. The van der Waals surface area contributed by atoms with Crippen molar-refractivity contribution in [3.05, 3.63) is 53.9 Å². The first-order valence-corrected chi connectivity index (χ1v) is 7.79. The lowest BCUT2D eigenvalue weighted by molar-refractivity contribution is 0.133. The molecule has 0 unspecified atom stereocenters. The predicted molar refractivity (Wildman–Crippen MR) is 85.5 cm³/mol. The number of hydrogen-bond acceptors (Lipinski definition) is 4. The molecule has 0 spiro atoms. The average Bonchev–Trinajstić information content (AvgIpc) is 2.94. The summed E-state index contributed by atoms with van der Waals surface area (Å²) in [5, 5.41) is 0. The summed E-state index contributed by atoms with van der Waals surface area (Å²) in [6.45, 7) is 5.04.